The molecule has 0 aromatic heterocycles. The summed E-state index contributed by atoms with van der Waals surface area (Å²) >= 11 is 0. The molecular formula is C14H24N2O. The molecule has 0 heterocycles. The highest BCUT2D eigenvalue weighted by Gasteiger charge is 2.41. The standard InChI is InChI=1S/C14H24N2O/c1-11(2)13(3,4)10-16-12(17)14(9-15)7-5-6-8-14/h11H,5-8,10H2,1-4H3,(H,16,17). The Balaban J connectivity index is 2.59. The quantitative estimate of drug-likeness (QED) is 0.816. The summed E-state index contributed by atoms with van der Waals surface area (Å²) in [6, 6.07) is 2.23. The molecule has 3 heteroatoms. The molecular weight excluding hydrogens is 212 g/mol. The third-order valence-electron chi connectivity index (χ3n) is 4.37. The van der Waals surface area contributed by atoms with Crippen molar-refractivity contribution in [2.24, 2.45) is 16.7 Å². The summed E-state index contributed by atoms with van der Waals surface area (Å²) in [5.74, 6) is 0.440. The fraction of sp³-hybridized carbons (Fsp3) is 0.857. The van der Waals surface area contributed by atoms with Gasteiger partial charge in [-0.25, -0.2) is 0 Å². The lowest BCUT2D eigenvalue weighted by atomic mass is 9.80. The normalized spacial score (nSPS) is 19.1. The van der Waals surface area contributed by atoms with E-state index in [4.69, 9.17) is 0 Å². The second kappa shape index (κ2) is 5.08. The van der Waals surface area contributed by atoms with Crippen LogP contribution in [0.3, 0.4) is 0 Å². The van der Waals surface area contributed by atoms with E-state index in [9.17, 15) is 10.1 Å². The highest BCUT2D eigenvalue weighted by molar-refractivity contribution is 5.85. The molecule has 1 N–H and O–H groups in total. The molecule has 0 atom stereocenters. The van der Waals surface area contributed by atoms with Gasteiger partial charge in [-0.3, -0.25) is 4.79 Å². The number of hydrogen-bond acceptors (Lipinski definition) is 2. The Morgan fingerprint density at radius 3 is 2.35 bits per heavy atom. The molecule has 3 nitrogen and oxygen atoms in total. The molecule has 17 heavy (non-hydrogen) atoms. The first-order chi connectivity index (χ1) is 7.84. The molecule has 0 aromatic carbocycles. The SMILES string of the molecule is CC(C)C(C)(C)CNC(=O)C1(C#N)CCCC1. The maximum absolute atomic E-state index is 12.1. The summed E-state index contributed by atoms with van der Waals surface area (Å²) in [6.45, 7) is 9.24. The van der Waals surface area contributed by atoms with Gasteiger partial charge in [0.05, 0.1) is 6.07 Å². The minimum absolute atomic E-state index is 0.0637. The number of nitrogens with zero attached hydrogens (tertiary/aromatic N) is 1. The minimum atomic E-state index is -0.743. The molecule has 1 fully saturated rings. The molecule has 0 bridgehead atoms. The summed E-state index contributed by atoms with van der Waals surface area (Å²) in [6.07, 6.45) is 3.43. The van der Waals surface area contributed by atoms with Crippen molar-refractivity contribution < 1.29 is 4.79 Å². The number of carbonyl (C=O) groups excluding carboxylic acids is 1. The van der Waals surface area contributed by atoms with E-state index < -0.39 is 5.41 Å². The number of carbonyl (C=O) groups is 1. The second-order valence-electron chi connectivity index (χ2n) is 6.23. The van der Waals surface area contributed by atoms with Crippen LogP contribution in [-0.4, -0.2) is 12.5 Å². The van der Waals surface area contributed by atoms with Gasteiger partial charge in [-0.1, -0.05) is 40.5 Å². The molecule has 0 unspecified atom stereocenters. The number of nitriles is 1. The zero-order chi connectivity index (χ0) is 13.1. The van der Waals surface area contributed by atoms with Gasteiger partial charge in [0.2, 0.25) is 5.91 Å². The van der Waals surface area contributed by atoms with E-state index in [0.717, 1.165) is 25.7 Å². The smallest absolute Gasteiger partial charge is 0.240 e. The molecule has 0 aliphatic heterocycles. The molecule has 1 rings (SSSR count). The summed E-state index contributed by atoms with van der Waals surface area (Å²) in [5, 5.41) is 12.2. The van der Waals surface area contributed by atoms with Gasteiger partial charge in [-0.15, -0.1) is 0 Å². The fourth-order valence-corrected chi connectivity index (χ4v) is 2.05. The maximum Gasteiger partial charge on any atom is 0.240 e. The summed E-state index contributed by atoms with van der Waals surface area (Å²) < 4.78 is 0. The first-order valence-corrected chi connectivity index (χ1v) is 6.54. The van der Waals surface area contributed by atoms with Crippen LogP contribution in [0.2, 0.25) is 0 Å². The van der Waals surface area contributed by atoms with E-state index in [-0.39, 0.29) is 11.3 Å². The first-order valence-electron chi connectivity index (χ1n) is 6.54. The van der Waals surface area contributed by atoms with Crippen LogP contribution in [0.1, 0.15) is 53.4 Å². The molecule has 0 aromatic rings. The Kier molecular flexibility index (Phi) is 4.19. The van der Waals surface area contributed by atoms with E-state index in [1.54, 1.807) is 0 Å². The van der Waals surface area contributed by atoms with Crippen molar-refractivity contribution in [3.05, 3.63) is 0 Å². The van der Waals surface area contributed by atoms with Crippen molar-refractivity contribution in [2.75, 3.05) is 6.54 Å². The van der Waals surface area contributed by atoms with E-state index >= 15 is 0 Å². The van der Waals surface area contributed by atoms with Gasteiger partial charge in [0, 0.05) is 6.54 Å². The van der Waals surface area contributed by atoms with Crippen LogP contribution in [0, 0.1) is 28.1 Å². The average Bonchev–Trinajstić information content (AvgIpc) is 2.75. The third-order valence-corrected chi connectivity index (χ3v) is 4.37. The van der Waals surface area contributed by atoms with Gasteiger partial charge < -0.3 is 5.32 Å². The van der Waals surface area contributed by atoms with Crippen LogP contribution in [0.5, 0.6) is 0 Å². The Morgan fingerprint density at radius 1 is 1.41 bits per heavy atom. The van der Waals surface area contributed by atoms with E-state index in [1.165, 1.54) is 0 Å². The predicted octanol–water partition coefficient (Wildman–Crippen LogP) is 2.87. The van der Waals surface area contributed by atoms with Crippen LogP contribution < -0.4 is 5.32 Å². The van der Waals surface area contributed by atoms with Gasteiger partial charge in [0.15, 0.2) is 0 Å². The van der Waals surface area contributed by atoms with Gasteiger partial charge in [0.25, 0.3) is 0 Å². The van der Waals surface area contributed by atoms with Crippen LogP contribution in [0.4, 0.5) is 0 Å². The monoisotopic (exact) mass is 236 g/mol. The molecule has 1 saturated carbocycles. The van der Waals surface area contributed by atoms with Crippen LogP contribution in [0.15, 0.2) is 0 Å². The van der Waals surface area contributed by atoms with E-state index in [0.29, 0.717) is 12.5 Å². The Bertz CT molecular complexity index is 320. The molecule has 0 saturated heterocycles. The van der Waals surface area contributed by atoms with Crippen molar-refractivity contribution >= 4 is 5.91 Å². The zero-order valence-electron chi connectivity index (χ0n) is 11.5. The minimum Gasteiger partial charge on any atom is -0.354 e. The predicted molar refractivity (Wildman–Crippen MR) is 68.1 cm³/mol. The third kappa shape index (κ3) is 3.00. The maximum atomic E-state index is 12.1. The largest absolute Gasteiger partial charge is 0.354 e. The van der Waals surface area contributed by atoms with Crippen molar-refractivity contribution in [1.29, 1.82) is 5.26 Å². The Labute approximate surface area is 105 Å². The second-order valence-corrected chi connectivity index (χ2v) is 6.23. The van der Waals surface area contributed by atoms with Crippen molar-refractivity contribution in [3.8, 4) is 6.07 Å². The average molecular weight is 236 g/mol. The number of hydrogen-bond donors (Lipinski definition) is 1. The molecule has 0 radical (unpaired) electrons. The summed E-state index contributed by atoms with van der Waals surface area (Å²) in [7, 11) is 0. The van der Waals surface area contributed by atoms with Gasteiger partial charge in [-0.2, -0.15) is 5.26 Å². The number of rotatable bonds is 4. The van der Waals surface area contributed by atoms with Crippen molar-refractivity contribution in [1.82, 2.24) is 5.32 Å². The van der Waals surface area contributed by atoms with E-state index in [1.807, 2.05) is 0 Å². The molecule has 0 spiro atoms. The highest BCUT2D eigenvalue weighted by Crippen LogP contribution is 2.37. The highest BCUT2D eigenvalue weighted by atomic mass is 16.2. The molecule has 1 aliphatic carbocycles. The van der Waals surface area contributed by atoms with Crippen molar-refractivity contribution in [2.45, 2.75) is 53.4 Å². The Hall–Kier alpha value is -1.04. The first kappa shape index (κ1) is 14.0. The van der Waals surface area contributed by atoms with E-state index in [2.05, 4.69) is 39.1 Å². The van der Waals surface area contributed by atoms with Crippen LogP contribution in [-0.2, 0) is 4.79 Å². The fourth-order valence-electron chi connectivity index (χ4n) is 2.05. The number of nitrogens with one attached hydrogen (secondary N) is 1. The van der Waals surface area contributed by atoms with Gasteiger partial charge in [0.1, 0.15) is 5.41 Å². The molecule has 1 aliphatic rings. The molecule has 1 amide bonds. The lowest BCUT2D eigenvalue weighted by Gasteiger charge is -2.31. The van der Waals surface area contributed by atoms with Crippen LogP contribution >= 0.6 is 0 Å². The summed E-state index contributed by atoms with van der Waals surface area (Å²) in [4.78, 5) is 12.1. The number of amides is 1. The van der Waals surface area contributed by atoms with Crippen LogP contribution in [0.25, 0.3) is 0 Å². The van der Waals surface area contributed by atoms with Crippen molar-refractivity contribution in [3.63, 3.8) is 0 Å². The van der Waals surface area contributed by atoms with Gasteiger partial charge >= 0.3 is 0 Å². The Morgan fingerprint density at radius 2 is 1.94 bits per heavy atom. The van der Waals surface area contributed by atoms with Gasteiger partial charge in [-0.05, 0) is 24.2 Å². The summed E-state index contributed by atoms with van der Waals surface area (Å²) in [5.41, 5.74) is -0.669. The lowest BCUT2D eigenvalue weighted by Crippen LogP contribution is -2.43. The topological polar surface area (TPSA) is 52.9 Å². The molecule has 96 valence electrons. The lowest BCUT2D eigenvalue weighted by molar-refractivity contribution is -0.128. The zero-order valence-corrected chi connectivity index (χ0v) is 11.5.